The Bertz CT molecular complexity index is 722. The molecule has 2 rings (SSSR count). The predicted molar refractivity (Wildman–Crippen MR) is 76.7 cm³/mol. The molecule has 1 N–H and O–H groups in total. The third kappa shape index (κ3) is 3.23. The highest BCUT2D eigenvalue weighted by Gasteiger charge is 2.19. The molecule has 19 heavy (non-hydrogen) atoms. The molecule has 0 amide bonds. The van der Waals surface area contributed by atoms with E-state index >= 15 is 0 Å². The topological polar surface area (TPSA) is 72.0 Å². The Balaban J connectivity index is 2.37. The Morgan fingerprint density at radius 3 is 2.74 bits per heavy atom. The Morgan fingerprint density at radius 2 is 2.11 bits per heavy atom. The molecule has 0 unspecified atom stereocenters. The summed E-state index contributed by atoms with van der Waals surface area (Å²) in [6.07, 6.45) is 2.95. The van der Waals surface area contributed by atoms with E-state index in [4.69, 9.17) is 11.6 Å². The first-order valence-corrected chi connectivity index (χ1v) is 7.81. The second-order valence-corrected chi connectivity index (χ2v) is 6.58. The van der Waals surface area contributed by atoms with E-state index < -0.39 is 10.0 Å². The third-order valence-electron chi connectivity index (χ3n) is 2.30. The van der Waals surface area contributed by atoms with Crippen LogP contribution in [-0.4, -0.2) is 18.4 Å². The molecule has 0 bridgehead atoms. The van der Waals surface area contributed by atoms with E-state index in [2.05, 4.69) is 30.6 Å². The minimum absolute atomic E-state index is 0.0798. The SMILES string of the molecule is Cc1cc(NS(=O)(=O)c2cccnc2Cl)ncc1Br. The molecular weight excluding hydrogens is 354 g/mol. The molecule has 0 spiro atoms. The number of pyridine rings is 2. The van der Waals surface area contributed by atoms with Crippen molar-refractivity contribution in [3.8, 4) is 0 Å². The number of sulfonamides is 1. The van der Waals surface area contributed by atoms with Gasteiger partial charge in [-0.05, 0) is 46.6 Å². The van der Waals surface area contributed by atoms with Crippen LogP contribution in [0.15, 0.2) is 40.0 Å². The van der Waals surface area contributed by atoms with Crippen LogP contribution in [0.3, 0.4) is 0 Å². The smallest absolute Gasteiger partial charge is 0.263 e. The van der Waals surface area contributed by atoms with Gasteiger partial charge in [-0.2, -0.15) is 0 Å². The summed E-state index contributed by atoms with van der Waals surface area (Å²) in [6.45, 7) is 1.83. The number of rotatable bonds is 3. The highest BCUT2D eigenvalue weighted by molar-refractivity contribution is 9.10. The van der Waals surface area contributed by atoms with E-state index in [0.717, 1.165) is 10.0 Å². The number of nitrogens with one attached hydrogen (secondary N) is 1. The number of nitrogens with zero attached hydrogens (tertiary/aromatic N) is 2. The van der Waals surface area contributed by atoms with Gasteiger partial charge in [-0.15, -0.1) is 0 Å². The summed E-state index contributed by atoms with van der Waals surface area (Å²) in [7, 11) is -3.80. The van der Waals surface area contributed by atoms with Gasteiger partial charge < -0.3 is 0 Å². The van der Waals surface area contributed by atoms with E-state index in [0.29, 0.717) is 0 Å². The van der Waals surface area contributed by atoms with Crippen LogP contribution in [0.5, 0.6) is 0 Å². The van der Waals surface area contributed by atoms with E-state index in [9.17, 15) is 8.42 Å². The molecule has 8 heteroatoms. The second-order valence-electron chi connectivity index (χ2n) is 3.72. The molecule has 0 saturated carbocycles. The fourth-order valence-corrected chi connectivity index (χ4v) is 3.03. The monoisotopic (exact) mass is 361 g/mol. The molecule has 2 aromatic heterocycles. The third-order valence-corrected chi connectivity index (χ3v) is 4.93. The van der Waals surface area contributed by atoms with Crippen LogP contribution in [0.1, 0.15) is 5.56 Å². The van der Waals surface area contributed by atoms with E-state index in [1.165, 1.54) is 24.5 Å². The Morgan fingerprint density at radius 1 is 1.37 bits per heavy atom. The van der Waals surface area contributed by atoms with Crippen molar-refractivity contribution in [2.24, 2.45) is 0 Å². The van der Waals surface area contributed by atoms with Gasteiger partial charge in [-0.25, -0.2) is 18.4 Å². The van der Waals surface area contributed by atoms with Crippen molar-refractivity contribution >= 4 is 43.4 Å². The number of aromatic nitrogens is 2. The molecule has 100 valence electrons. The molecule has 0 aliphatic rings. The van der Waals surface area contributed by atoms with Gasteiger partial charge in [0.2, 0.25) is 0 Å². The van der Waals surface area contributed by atoms with E-state index in [-0.39, 0.29) is 15.9 Å². The lowest BCUT2D eigenvalue weighted by molar-refractivity contribution is 0.600. The largest absolute Gasteiger partial charge is 0.266 e. The summed E-state index contributed by atoms with van der Waals surface area (Å²) in [4.78, 5) is 7.63. The average molecular weight is 363 g/mol. The molecule has 0 atom stereocenters. The molecule has 2 aromatic rings. The van der Waals surface area contributed by atoms with Crippen LogP contribution in [0.4, 0.5) is 5.82 Å². The van der Waals surface area contributed by atoms with Crippen molar-refractivity contribution in [3.05, 3.63) is 45.8 Å². The fourth-order valence-electron chi connectivity index (χ4n) is 1.36. The van der Waals surface area contributed by atoms with Gasteiger partial charge in [-0.1, -0.05) is 11.6 Å². The van der Waals surface area contributed by atoms with Crippen LogP contribution in [-0.2, 0) is 10.0 Å². The second kappa shape index (κ2) is 5.44. The van der Waals surface area contributed by atoms with E-state index in [1.54, 1.807) is 6.07 Å². The van der Waals surface area contributed by atoms with Gasteiger partial charge in [0.05, 0.1) is 0 Å². The van der Waals surface area contributed by atoms with Crippen molar-refractivity contribution in [3.63, 3.8) is 0 Å². The zero-order valence-electron chi connectivity index (χ0n) is 9.76. The molecular formula is C11H9BrClN3O2S. The summed E-state index contributed by atoms with van der Waals surface area (Å²) in [6, 6.07) is 4.50. The highest BCUT2D eigenvalue weighted by atomic mass is 79.9. The number of anilines is 1. The fraction of sp³-hybridized carbons (Fsp3) is 0.0909. The van der Waals surface area contributed by atoms with Gasteiger partial charge >= 0.3 is 0 Å². The zero-order valence-corrected chi connectivity index (χ0v) is 12.9. The molecule has 0 fully saturated rings. The molecule has 0 saturated heterocycles. The molecule has 2 heterocycles. The molecule has 0 aromatic carbocycles. The lowest BCUT2D eigenvalue weighted by Gasteiger charge is -2.09. The van der Waals surface area contributed by atoms with Crippen LogP contribution in [0.2, 0.25) is 5.15 Å². The predicted octanol–water partition coefficient (Wildman–Crippen LogP) is 3.00. The highest BCUT2D eigenvalue weighted by Crippen LogP contribution is 2.22. The summed E-state index contributed by atoms with van der Waals surface area (Å²) in [5.74, 6) is 0.223. The summed E-state index contributed by atoms with van der Waals surface area (Å²) < 4.78 is 27.4. The van der Waals surface area contributed by atoms with Crippen molar-refractivity contribution in [2.45, 2.75) is 11.8 Å². The first kappa shape index (κ1) is 14.2. The van der Waals surface area contributed by atoms with Crippen LogP contribution in [0.25, 0.3) is 0 Å². The van der Waals surface area contributed by atoms with Crippen molar-refractivity contribution in [1.82, 2.24) is 9.97 Å². The summed E-state index contributed by atoms with van der Waals surface area (Å²) in [5, 5.41) is -0.0798. The van der Waals surface area contributed by atoms with Crippen LogP contribution in [0, 0.1) is 6.92 Å². The molecule has 5 nitrogen and oxygen atoms in total. The molecule has 0 aliphatic heterocycles. The number of halogens is 2. The summed E-state index contributed by atoms with van der Waals surface area (Å²) in [5.41, 5.74) is 0.866. The first-order valence-electron chi connectivity index (χ1n) is 5.15. The Hall–Kier alpha value is -1.18. The number of hydrogen-bond donors (Lipinski definition) is 1. The lowest BCUT2D eigenvalue weighted by atomic mass is 10.3. The normalized spacial score (nSPS) is 11.3. The van der Waals surface area contributed by atoms with Crippen LogP contribution >= 0.6 is 27.5 Å². The van der Waals surface area contributed by atoms with Crippen LogP contribution < -0.4 is 4.72 Å². The van der Waals surface area contributed by atoms with Crippen molar-refractivity contribution < 1.29 is 8.42 Å². The lowest BCUT2D eigenvalue weighted by Crippen LogP contribution is -2.14. The standard InChI is InChI=1S/C11H9BrClN3O2S/c1-7-5-10(15-6-8(7)12)16-19(17,18)9-3-2-4-14-11(9)13/h2-6H,1H3,(H,15,16). The number of aryl methyl sites for hydroxylation is 1. The first-order chi connectivity index (χ1) is 8.90. The van der Waals surface area contributed by atoms with Crippen molar-refractivity contribution in [1.29, 1.82) is 0 Å². The van der Waals surface area contributed by atoms with Gasteiger partial charge in [0.25, 0.3) is 10.0 Å². The average Bonchev–Trinajstić information content (AvgIpc) is 2.34. The molecule has 0 aliphatic carbocycles. The van der Waals surface area contributed by atoms with Gasteiger partial charge in [0.15, 0.2) is 0 Å². The Labute approximate surface area is 124 Å². The quantitative estimate of drug-likeness (QED) is 0.852. The van der Waals surface area contributed by atoms with E-state index in [1.807, 2.05) is 6.92 Å². The minimum atomic E-state index is -3.80. The maximum atomic E-state index is 12.1. The Kier molecular flexibility index (Phi) is 4.07. The maximum absolute atomic E-state index is 12.1. The zero-order chi connectivity index (χ0) is 14.0. The van der Waals surface area contributed by atoms with Gasteiger partial charge in [-0.3, -0.25) is 4.72 Å². The van der Waals surface area contributed by atoms with Gasteiger partial charge in [0, 0.05) is 16.9 Å². The van der Waals surface area contributed by atoms with Gasteiger partial charge in [0.1, 0.15) is 15.9 Å². The number of hydrogen-bond acceptors (Lipinski definition) is 4. The minimum Gasteiger partial charge on any atom is -0.263 e. The van der Waals surface area contributed by atoms with Crippen molar-refractivity contribution in [2.75, 3.05) is 4.72 Å². The maximum Gasteiger partial charge on any atom is 0.266 e. The molecule has 0 radical (unpaired) electrons. The summed E-state index contributed by atoms with van der Waals surface area (Å²) >= 11 is 9.07.